The molecule has 114 valence electrons. The van der Waals surface area contributed by atoms with Crippen LogP contribution in [0.2, 0.25) is 0 Å². The molecule has 22 heavy (non-hydrogen) atoms. The van der Waals surface area contributed by atoms with Gasteiger partial charge in [0.15, 0.2) is 0 Å². The Kier molecular flexibility index (Phi) is 3.04. The summed E-state index contributed by atoms with van der Waals surface area (Å²) in [5, 5.41) is 18.6. The van der Waals surface area contributed by atoms with Crippen LogP contribution in [0.5, 0.6) is 0 Å². The first-order valence-corrected chi connectivity index (χ1v) is 6.26. The third-order valence-electron chi connectivity index (χ3n) is 3.11. The maximum absolute atomic E-state index is 14.2. The molecule has 1 unspecified atom stereocenters. The summed E-state index contributed by atoms with van der Waals surface area (Å²) < 4.78 is 44.6. The van der Waals surface area contributed by atoms with Crippen molar-refractivity contribution in [3.05, 3.63) is 60.7 Å². The molecule has 0 spiro atoms. The molecule has 0 saturated carbocycles. The lowest BCUT2D eigenvalue weighted by Crippen LogP contribution is -2.37. The number of benzene rings is 1. The zero-order valence-corrected chi connectivity index (χ0v) is 11.2. The van der Waals surface area contributed by atoms with E-state index in [0.717, 1.165) is 16.8 Å². The minimum Gasteiger partial charge on any atom is -0.381 e. The molecule has 0 fully saturated rings. The normalized spacial score (nSPS) is 15.2. The summed E-state index contributed by atoms with van der Waals surface area (Å²) in [6, 6.07) is 2.79. The van der Waals surface area contributed by atoms with Crippen molar-refractivity contribution in [1.82, 2.24) is 29.5 Å². The number of hydrogen-bond donors (Lipinski definition) is 1. The summed E-state index contributed by atoms with van der Waals surface area (Å²) in [4.78, 5) is 7.26. The van der Waals surface area contributed by atoms with Gasteiger partial charge in [-0.15, -0.1) is 0 Å². The maximum atomic E-state index is 14.2. The van der Waals surface area contributed by atoms with E-state index >= 15 is 0 Å². The fourth-order valence-electron chi connectivity index (χ4n) is 2.17. The highest BCUT2D eigenvalue weighted by Crippen LogP contribution is 2.28. The Labute approximate surface area is 126 Å². The van der Waals surface area contributed by atoms with Gasteiger partial charge in [-0.3, -0.25) is 0 Å². The molecule has 7 nitrogen and oxygen atoms in total. The number of hydrogen-bond acceptors (Lipinski definition) is 5. The molecule has 0 radical (unpaired) electrons. The van der Waals surface area contributed by atoms with Crippen molar-refractivity contribution in [2.75, 3.05) is 0 Å². The molecular weight excluding hydrogens is 294 g/mol. The molecule has 2 heterocycles. The number of aliphatic hydroxyl groups is 1. The van der Waals surface area contributed by atoms with Crippen LogP contribution < -0.4 is 0 Å². The Hall–Kier alpha value is -2.68. The van der Waals surface area contributed by atoms with Gasteiger partial charge in [-0.05, 0) is 6.07 Å². The van der Waals surface area contributed by atoms with Crippen LogP contribution in [0.4, 0.5) is 8.78 Å². The molecule has 0 bridgehead atoms. The van der Waals surface area contributed by atoms with Crippen molar-refractivity contribution in [1.29, 1.82) is 0 Å². The second-order valence-corrected chi connectivity index (χ2v) is 4.72. The van der Waals surface area contributed by atoms with E-state index in [0.29, 0.717) is 6.07 Å². The van der Waals surface area contributed by atoms with Gasteiger partial charge < -0.3 is 5.11 Å². The average molecular weight is 308 g/mol. The van der Waals surface area contributed by atoms with Crippen LogP contribution in [0.15, 0.2) is 43.5 Å². The lowest BCUT2D eigenvalue weighted by atomic mass is 9.93. The highest BCUT2D eigenvalue weighted by molar-refractivity contribution is 5.25. The Morgan fingerprint density at radius 3 is 2.64 bits per heavy atom. The van der Waals surface area contributed by atoms with Crippen LogP contribution in [-0.2, 0) is 18.7 Å². The fraction of sp³-hybridized carbons (Fsp3) is 0.231. The van der Waals surface area contributed by atoms with Gasteiger partial charge in [0.25, 0.3) is 0 Å². The van der Waals surface area contributed by atoms with Crippen LogP contribution in [0.3, 0.4) is 0 Å². The Balaban J connectivity index is 2.04. The third-order valence-corrected chi connectivity index (χ3v) is 3.11. The highest BCUT2D eigenvalue weighted by atomic mass is 19.1. The summed E-state index contributed by atoms with van der Waals surface area (Å²) in [5.41, 5.74) is -2.11. The number of nitrogens with zero attached hydrogens (tertiary/aromatic N) is 6. The zero-order valence-electron chi connectivity index (χ0n) is 13.2. The van der Waals surface area contributed by atoms with E-state index in [-0.39, 0.29) is 25.0 Å². The monoisotopic (exact) mass is 308 g/mol. The van der Waals surface area contributed by atoms with Gasteiger partial charge in [0.2, 0.25) is 0 Å². The van der Waals surface area contributed by atoms with E-state index in [4.69, 9.17) is 2.74 Å². The summed E-state index contributed by atoms with van der Waals surface area (Å²) in [7, 11) is 0. The molecule has 0 saturated heterocycles. The topological polar surface area (TPSA) is 81.6 Å². The fourth-order valence-corrected chi connectivity index (χ4v) is 2.17. The first-order valence-electron chi connectivity index (χ1n) is 7.26. The van der Waals surface area contributed by atoms with Crippen LogP contribution in [-0.4, -0.2) is 34.6 Å². The van der Waals surface area contributed by atoms with E-state index in [1.165, 1.54) is 17.3 Å². The quantitative estimate of drug-likeness (QED) is 0.751. The van der Waals surface area contributed by atoms with E-state index in [9.17, 15) is 13.9 Å². The van der Waals surface area contributed by atoms with Crippen LogP contribution in [0.25, 0.3) is 0 Å². The van der Waals surface area contributed by atoms with E-state index in [1.54, 1.807) is 0 Å². The number of halogens is 2. The smallest absolute Gasteiger partial charge is 0.137 e. The second kappa shape index (κ2) is 5.60. The minimum atomic E-state index is -1.92. The molecule has 2 aromatic heterocycles. The average Bonchev–Trinajstić information content (AvgIpc) is 3.08. The number of aromatic nitrogens is 6. The van der Waals surface area contributed by atoms with Gasteiger partial charge in [0, 0.05) is 11.6 Å². The molecule has 0 aliphatic carbocycles. The van der Waals surface area contributed by atoms with E-state index in [1.807, 2.05) is 0 Å². The molecule has 0 aliphatic rings. The SMILES string of the molecule is [2H]c1nc([2H])n(CC(O)(Cn2cncn2)c2ccc(F)cc2F)n1. The molecule has 3 rings (SSSR count). The van der Waals surface area contributed by atoms with Crippen molar-refractivity contribution in [2.45, 2.75) is 18.7 Å². The van der Waals surface area contributed by atoms with Gasteiger partial charge in [-0.2, -0.15) is 10.2 Å². The summed E-state index contributed by atoms with van der Waals surface area (Å²) in [6.45, 7) is -0.595. The van der Waals surface area contributed by atoms with Crippen LogP contribution in [0.1, 0.15) is 8.30 Å². The molecule has 1 atom stereocenters. The zero-order chi connectivity index (χ0) is 17.3. The van der Waals surface area contributed by atoms with Crippen molar-refractivity contribution in [2.24, 2.45) is 0 Å². The summed E-state index contributed by atoms with van der Waals surface area (Å²) in [5.74, 6) is -1.73. The molecule has 1 aromatic carbocycles. The van der Waals surface area contributed by atoms with Gasteiger partial charge in [-0.1, -0.05) is 6.07 Å². The number of rotatable bonds is 5. The Morgan fingerprint density at radius 2 is 2.00 bits per heavy atom. The van der Waals surface area contributed by atoms with Gasteiger partial charge >= 0.3 is 0 Å². The van der Waals surface area contributed by atoms with Gasteiger partial charge in [0.1, 0.15) is 45.2 Å². The van der Waals surface area contributed by atoms with Crippen LogP contribution >= 0.6 is 0 Å². The van der Waals surface area contributed by atoms with Gasteiger partial charge in [0.05, 0.1) is 13.1 Å². The van der Waals surface area contributed by atoms with Gasteiger partial charge in [-0.25, -0.2) is 28.1 Å². The predicted molar refractivity (Wildman–Crippen MR) is 70.3 cm³/mol. The third kappa shape index (κ3) is 2.84. The highest BCUT2D eigenvalue weighted by Gasteiger charge is 2.34. The van der Waals surface area contributed by atoms with Crippen molar-refractivity contribution in [3.8, 4) is 0 Å². The predicted octanol–water partition coefficient (Wildman–Crippen LogP) is 0.736. The molecule has 0 aliphatic heterocycles. The molecule has 9 heteroatoms. The van der Waals surface area contributed by atoms with E-state index in [2.05, 4.69) is 20.2 Å². The van der Waals surface area contributed by atoms with Crippen molar-refractivity contribution in [3.63, 3.8) is 0 Å². The first-order chi connectivity index (χ1) is 11.4. The first kappa shape index (κ1) is 11.9. The summed E-state index contributed by atoms with van der Waals surface area (Å²) in [6.07, 6.45) is 1.81. The largest absolute Gasteiger partial charge is 0.381 e. The molecule has 3 aromatic rings. The lowest BCUT2D eigenvalue weighted by molar-refractivity contribution is -0.00855. The van der Waals surface area contributed by atoms with Crippen molar-refractivity contribution >= 4 is 0 Å². The van der Waals surface area contributed by atoms with E-state index < -0.39 is 23.5 Å². The standard InChI is InChI=1S/C13H12F2N6O/c14-10-1-2-11(12(15)3-10)13(22,4-20-8-16-6-18-20)5-21-9-17-7-19-21/h1-3,6-9,22H,4-5H2/i6D,8D. The minimum absolute atomic E-state index is 0.194. The van der Waals surface area contributed by atoms with Crippen molar-refractivity contribution < 1.29 is 16.6 Å². The lowest BCUT2D eigenvalue weighted by Gasteiger charge is -2.28. The van der Waals surface area contributed by atoms with Crippen LogP contribution in [0, 0.1) is 11.6 Å². The maximum Gasteiger partial charge on any atom is 0.137 e. The summed E-state index contributed by atoms with van der Waals surface area (Å²) >= 11 is 0. The Bertz CT molecular complexity index is 856. The molecule has 0 amide bonds. The second-order valence-electron chi connectivity index (χ2n) is 4.72. The molecular formula is C13H12F2N6O. The molecule has 1 N–H and O–H groups in total. The Morgan fingerprint density at radius 1 is 1.18 bits per heavy atom.